The maximum atomic E-state index is 12.6. The van der Waals surface area contributed by atoms with Crippen molar-refractivity contribution in [3.05, 3.63) is 77.2 Å². The first-order chi connectivity index (χ1) is 13.7. The Morgan fingerprint density at radius 3 is 2.71 bits per heavy atom. The summed E-state index contributed by atoms with van der Waals surface area (Å²) in [4.78, 5) is 17.9. The second kappa shape index (κ2) is 6.84. The zero-order chi connectivity index (χ0) is 19.1. The van der Waals surface area contributed by atoms with Gasteiger partial charge in [0.2, 0.25) is 0 Å². The highest BCUT2D eigenvalue weighted by atomic mass is 32.2. The molecule has 0 aliphatic rings. The molecule has 0 fully saturated rings. The Kier molecular flexibility index (Phi) is 4.17. The lowest BCUT2D eigenvalue weighted by Crippen LogP contribution is -2.04. The van der Waals surface area contributed by atoms with Gasteiger partial charge in [-0.1, -0.05) is 49.4 Å². The Balaban J connectivity index is 1.69. The number of fused-ring (bicyclic) bond motifs is 4. The van der Waals surface area contributed by atoms with Crippen LogP contribution in [-0.2, 0) is 6.54 Å². The molecule has 0 spiro atoms. The zero-order valence-electron chi connectivity index (χ0n) is 15.4. The minimum atomic E-state index is -0.331. The molecule has 5 heteroatoms. The Labute approximate surface area is 165 Å². The third-order valence-corrected chi connectivity index (χ3v) is 5.88. The summed E-state index contributed by atoms with van der Waals surface area (Å²) in [5, 5.41) is 3.96. The quantitative estimate of drug-likeness (QED) is 0.287. The van der Waals surface area contributed by atoms with Crippen LogP contribution < -0.4 is 5.63 Å². The average molecular weight is 386 g/mol. The average Bonchev–Trinajstić information content (AvgIpc) is 3.06. The van der Waals surface area contributed by atoms with Crippen molar-refractivity contribution in [2.45, 2.75) is 29.9 Å². The SMILES string of the molecule is CCCn1c(Sc2cc3c(ccc4ccccc43)oc2=O)nc2ccccc21. The second-order valence-electron chi connectivity index (χ2n) is 6.73. The summed E-state index contributed by atoms with van der Waals surface area (Å²) in [5.41, 5.74) is 2.30. The normalized spacial score (nSPS) is 11.6. The molecule has 0 N–H and O–H groups in total. The minimum absolute atomic E-state index is 0.331. The van der Waals surface area contributed by atoms with Crippen molar-refractivity contribution in [1.82, 2.24) is 9.55 Å². The van der Waals surface area contributed by atoms with Gasteiger partial charge >= 0.3 is 5.63 Å². The van der Waals surface area contributed by atoms with Crippen LogP contribution in [-0.4, -0.2) is 9.55 Å². The van der Waals surface area contributed by atoms with Crippen molar-refractivity contribution in [3.63, 3.8) is 0 Å². The van der Waals surface area contributed by atoms with Crippen molar-refractivity contribution in [1.29, 1.82) is 0 Å². The van der Waals surface area contributed by atoms with Gasteiger partial charge < -0.3 is 8.98 Å². The van der Waals surface area contributed by atoms with E-state index in [1.54, 1.807) is 0 Å². The molecule has 0 aliphatic heterocycles. The number of hydrogen-bond donors (Lipinski definition) is 0. The lowest BCUT2D eigenvalue weighted by atomic mass is 10.1. The maximum absolute atomic E-state index is 12.6. The van der Waals surface area contributed by atoms with Crippen molar-refractivity contribution in [2.24, 2.45) is 0 Å². The lowest BCUT2D eigenvalue weighted by molar-refractivity contribution is 0.543. The van der Waals surface area contributed by atoms with Gasteiger partial charge in [0.05, 0.1) is 11.0 Å². The number of aryl methyl sites for hydroxylation is 1. The molecule has 3 aromatic carbocycles. The number of para-hydroxylation sites is 2. The predicted molar refractivity (Wildman–Crippen MR) is 114 cm³/mol. The molecule has 0 radical (unpaired) electrons. The topological polar surface area (TPSA) is 48.0 Å². The molecule has 0 saturated heterocycles. The summed E-state index contributed by atoms with van der Waals surface area (Å²) < 4.78 is 7.81. The summed E-state index contributed by atoms with van der Waals surface area (Å²) >= 11 is 1.38. The zero-order valence-corrected chi connectivity index (χ0v) is 16.2. The fraction of sp³-hybridized carbons (Fsp3) is 0.130. The molecular weight excluding hydrogens is 368 g/mol. The van der Waals surface area contributed by atoms with E-state index in [1.165, 1.54) is 11.8 Å². The van der Waals surface area contributed by atoms with Crippen LogP contribution in [0, 0.1) is 0 Å². The highest BCUT2D eigenvalue weighted by molar-refractivity contribution is 7.99. The lowest BCUT2D eigenvalue weighted by Gasteiger charge is -2.08. The molecule has 0 atom stereocenters. The predicted octanol–water partition coefficient (Wildman–Crippen LogP) is 5.86. The van der Waals surface area contributed by atoms with Gasteiger partial charge in [-0.25, -0.2) is 9.78 Å². The number of benzene rings is 3. The highest BCUT2D eigenvalue weighted by Crippen LogP contribution is 2.32. The summed E-state index contributed by atoms with van der Waals surface area (Å²) in [7, 11) is 0. The molecule has 0 bridgehead atoms. The van der Waals surface area contributed by atoms with E-state index < -0.39 is 0 Å². The number of imidazole rings is 1. The van der Waals surface area contributed by atoms with Gasteiger partial charge in [-0.15, -0.1) is 0 Å². The van der Waals surface area contributed by atoms with Crippen LogP contribution in [0.25, 0.3) is 32.8 Å². The molecule has 138 valence electrons. The molecular formula is C23H18N2O2S. The fourth-order valence-corrected chi connectivity index (χ4v) is 4.54. The number of nitrogens with zero attached hydrogens (tertiary/aromatic N) is 2. The Morgan fingerprint density at radius 2 is 1.82 bits per heavy atom. The molecule has 0 saturated carbocycles. The van der Waals surface area contributed by atoms with Crippen molar-refractivity contribution in [3.8, 4) is 0 Å². The Bertz CT molecular complexity index is 1380. The molecule has 4 nitrogen and oxygen atoms in total. The number of hydrogen-bond acceptors (Lipinski definition) is 4. The fourth-order valence-electron chi connectivity index (χ4n) is 3.59. The van der Waals surface area contributed by atoms with Crippen LogP contribution in [0.5, 0.6) is 0 Å². The van der Waals surface area contributed by atoms with Crippen LogP contribution >= 0.6 is 11.8 Å². The van der Waals surface area contributed by atoms with Gasteiger partial charge in [-0.3, -0.25) is 0 Å². The van der Waals surface area contributed by atoms with E-state index in [4.69, 9.17) is 9.40 Å². The van der Waals surface area contributed by atoms with E-state index in [9.17, 15) is 4.79 Å². The Morgan fingerprint density at radius 1 is 1.00 bits per heavy atom. The monoisotopic (exact) mass is 386 g/mol. The van der Waals surface area contributed by atoms with E-state index in [-0.39, 0.29) is 5.63 Å². The van der Waals surface area contributed by atoms with Crippen LogP contribution in [0.2, 0.25) is 0 Å². The van der Waals surface area contributed by atoms with E-state index in [1.807, 2.05) is 48.5 Å². The first kappa shape index (κ1) is 17.1. The van der Waals surface area contributed by atoms with Crippen LogP contribution in [0.4, 0.5) is 0 Å². The van der Waals surface area contributed by atoms with E-state index in [0.717, 1.165) is 45.3 Å². The molecule has 2 aromatic heterocycles. The summed E-state index contributed by atoms with van der Waals surface area (Å²) in [6.45, 7) is 2.99. The third-order valence-electron chi connectivity index (χ3n) is 4.88. The van der Waals surface area contributed by atoms with Gasteiger partial charge in [0, 0.05) is 11.9 Å². The molecule has 0 amide bonds. The largest absolute Gasteiger partial charge is 0.422 e. The third kappa shape index (κ3) is 2.79. The standard InChI is InChI=1S/C23H18N2O2S/c1-2-13-25-19-10-6-5-9-18(19)24-23(25)28-21-14-17-16-8-4-3-7-15(16)11-12-20(17)27-22(21)26/h3-12,14H,2,13H2,1H3. The Hall–Kier alpha value is -3.05. The van der Waals surface area contributed by atoms with Gasteiger partial charge in [0.25, 0.3) is 0 Å². The summed E-state index contributed by atoms with van der Waals surface area (Å²) in [6, 6.07) is 22.0. The van der Waals surface area contributed by atoms with Crippen LogP contribution in [0.1, 0.15) is 13.3 Å². The number of aromatic nitrogens is 2. The van der Waals surface area contributed by atoms with Crippen molar-refractivity contribution >= 4 is 44.5 Å². The minimum Gasteiger partial charge on any atom is -0.422 e. The van der Waals surface area contributed by atoms with Gasteiger partial charge in [0.15, 0.2) is 5.16 Å². The van der Waals surface area contributed by atoms with Crippen LogP contribution in [0.15, 0.2) is 86.0 Å². The molecule has 28 heavy (non-hydrogen) atoms. The first-order valence-electron chi connectivity index (χ1n) is 9.33. The molecule has 0 aliphatic carbocycles. The van der Waals surface area contributed by atoms with Crippen molar-refractivity contribution in [2.75, 3.05) is 0 Å². The van der Waals surface area contributed by atoms with E-state index in [0.29, 0.717) is 10.5 Å². The van der Waals surface area contributed by atoms with E-state index >= 15 is 0 Å². The first-order valence-corrected chi connectivity index (χ1v) is 10.1. The smallest absolute Gasteiger partial charge is 0.350 e. The van der Waals surface area contributed by atoms with Gasteiger partial charge in [0.1, 0.15) is 10.5 Å². The van der Waals surface area contributed by atoms with E-state index in [2.05, 4.69) is 29.7 Å². The second-order valence-corrected chi connectivity index (χ2v) is 7.74. The molecule has 0 unspecified atom stereocenters. The maximum Gasteiger partial charge on any atom is 0.350 e. The van der Waals surface area contributed by atoms with Gasteiger partial charge in [-0.05, 0) is 53.2 Å². The highest BCUT2D eigenvalue weighted by Gasteiger charge is 2.15. The van der Waals surface area contributed by atoms with Gasteiger partial charge in [-0.2, -0.15) is 0 Å². The molecule has 5 rings (SSSR count). The van der Waals surface area contributed by atoms with Crippen molar-refractivity contribution < 1.29 is 4.42 Å². The summed E-state index contributed by atoms with van der Waals surface area (Å²) in [6.07, 6.45) is 0.991. The number of rotatable bonds is 4. The molecule has 2 heterocycles. The van der Waals surface area contributed by atoms with Crippen LogP contribution in [0.3, 0.4) is 0 Å². The summed E-state index contributed by atoms with van der Waals surface area (Å²) in [5.74, 6) is 0. The molecule has 5 aromatic rings.